The van der Waals surface area contributed by atoms with Crippen LogP contribution in [0, 0.1) is 12.8 Å². The van der Waals surface area contributed by atoms with Gasteiger partial charge in [-0.25, -0.2) is 15.0 Å². The van der Waals surface area contributed by atoms with Crippen molar-refractivity contribution in [3.8, 4) is 11.1 Å². The Morgan fingerprint density at radius 2 is 2.00 bits per heavy atom. The minimum absolute atomic E-state index is 0.700. The quantitative estimate of drug-likeness (QED) is 0.541. The van der Waals surface area contributed by atoms with Gasteiger partial charge in [-0.1, -0.05) is 18.2 Å². The lowest BCUT2D eigenvalue weighted by molar-refractivity contribution is 0.768. The average molecular weight is 384 g/mol. The molecule has 0 amide bonds. The molecule has 0 radical (unpaired) electrons. The van der Waals surface area contributed by atoms with Gasteiger partial charge in [-0.2, -0.15) is 5.10 Å². The predicted octanol–water partition coefficient (Wildman–Crippen LogP) is 4.15. The van der Waals surface area contributed by atoms with Gasteiger partial charge in [0.2, 0.25) is 0 Å². The average Bonchev–Trinajstić information content (AvgIpc) is 3.46. The van der Waals surface area contributed by atoms with E-state index in [-0.39, 0.29) is 0 Å². The number of fused-ring (bicyclic) bond motifs is 1. The third-order valence-electron chi connectivity index (χ3n) is 5.53. The van der Waals surface area contributed by atoms with Crippen LogP contribution in [-0.4, -0.2) is 31.3 Å². The molecule has 4 aromatic rings. The highest BCUT2D eigenvalue weighted by molar-refractivity contribution is 5.87. The minimum Gasteiger partial charge on any atom is -0.368 e. The lowest BCUT2D eigenvalue weighted by Gasteiger charge is -2.10. The van der Waals surface area contributed by atoms with Crippen molar-refractivity contribution in [2.24, 2.45) is 13.0 Å². The van der Waals surface area contributed by atoms with Crippen LogP contribution in [0.15, 0.2) is 49.1 Å². The molecule has 29 heavy (non-hydrogen) atoms. The zero-order valence-electron chi connectivity index (χ0n) is 16.8. The Kier molecular flexibility index (Phi) is 4.46. The van der Waals surface area contributed by atoms with E-state index in [9.17, 15) is 0 Å². The number of hydrogen-bond acceptors (Lipinski definition) is 5. The molecule has 0 saturated heterocycles. The Labute approximate surface area is 170 Å². The smallest absolute Gasteiger partial charge is 0.152 e. The lowest BCUT2D eigenvalue weighted by Crippen LogP contribution is -2.07. The van der Waals surface area contributed by atoms with E-state index in [1.165, 1.54) is 29.5 Å². The van der Waals surface area contributed by atoms with E-state index >= 15 is 0 Å². The topological polar surface area (TPSA) is 68.5 Å². The van der Waals surface area contributed by atoms with Crippen molar-refractivity contribution < 1.29 is 0 Å². The SMILES string of the molecule is Cc1cc(-c2cnn(C)c2)ccc1Cc1ncc2ccnc(NCC3CC3)c2n1. The van der Waals surface area contributed by atoms with E-state index in [1.807, 2.05) is 42.6 Å². The second kappa shape index (κ2) is 7.28. The van der Waals surface area contributed by atoms with Crippen molar-refractivity contribution in [2.45, 2.75) is 26.2 Å². The van der Waals surface area contributed by atoms with Crippen molar-refractivity contribution in [1.82, 2.24) is 24.7 Å². The molecular weight excluding hydrogens is 360 g/mol. The molecule has 1 saturated carbocycles. The summed E-state index contributed by atoms with van der Waals surface area (Å²) in [6.07, 6.45) is 11.0. The van der Waals surface area contributed by atoms with Gasteiger partial charge in [0.15, 0.2) is 5.82 Å². The fraction of sp³-hybridized carbons (Fsp3) is 0.304. The van der Waals surface area contributed by atoms with Crippen molar-refractivity contribution in [3.05, 3.63) is 66.0 Å². The zero-order valence-corrected chi connectivity index (χ0v) is 16.8. The number of nitrogens with one attached hydrogen (secondary N) is 1. The lowest BCUT2D eigenvalue weighted by atomic mass is 10.00. The Morgan fingerprint density at radius 1 is 1.10 bits per heavy atom. The van der Waals surface area contributed by atoms with Crippen LogP contribution < -0.4 is 5.32 Å². The van der Waals surface area contributed by atoms with Gasteiger partial charge in [0, 0.05) is 49.6 Å². The van der Waals surface area contributed by atoms with Gasteiger partial charge >= 0.3 is 0 Å². The van der Waals surface area contributed by atoms with Crippen molar-refractivity contribution in [2.75, 3.05) is 11.9 Å². The van der Waals surface area contributed by atoms with Crippen LogP contribution in [0.1, 0.15) is 29.8 Å². The van der Waals surface area contributed by atoms with Crippen molar-refractivity contribution in [3.63, 3.8) is 0 Å². The standard InChI is InChI=1S/C23H24N6/c1-15-9-18(20-13-27-29(2)14-20)6-5-17(15)10-21-25-12-19-7-8-24-23(22(19)28-21)26-11-16-3-4-16/h5-9,12-14,16H,3-4,10-11H2,1-2H3,(H,24,26). The maximum Gasteiger partial charge on any atom is 0.152 e. The molecule has 1 aromatic carbocycles. The Hall–Kier alpha value is -3.28. The van der Waals surface area contributed by atoms with Crippen LogP contribution in [-0.2, 0) is 13.5 Å². The number of aromatic nitrogens is 5. The van der Waals surface area contributed by atoms with E-state index in [0.717, 1.165) is 40.6 Å². The number of anilines is 1. The summed E-state index contributed by atoms with van der Waals surface area (Å²) >= 11 is 0. The molecule has 0 bridgehead atoms. The molecule has 1 aliphatic rings. The van der Waals surface area contributed by atoms with E-state index in [0.29, 0.717) is 6.42 Å². The molecule has 0 spiro atoms. The summed E-state index contributed by atoms with van der Waals surface area (Å²) in [5.41, 5.74) is 5.67. The molecule has 1 aliphatic carbocycles. The summed E-state index contributed by atoms with van der Waals surface area (Å²) in [6, 6.07) is 8.48. The first-order chi connectivity index (χ1) is 14.2. The fourth-order valence-corrected chi connectivity index (χ4v) is 3.58. The first kappa shape index (κ1) is 17.8. The molecule has 0 unspecified atom stereocenters. The van der Waals surface area contributed by atoms with Gasteiger partial charge in [0.1, 0.15) is 11.3 Å². The van der Waals surface area contributed by atoms with E-state index < -0.39 is 0 Å². The molecule has 6 nitrogen and oxygen atoms in total. The Balaban J connectivity index is 1.41. The van der Waals surface area contributed by atoms with E-state index in [4.69, 9.17) is 4.98 Å². The number of aryl methyl sites for hydroxylation is 2. The van der Waals surface area contributed by atoms with Crippen LogP contribution >= 0.6 is 0 Å². The molecule has 3 heterocycles. The van der Waals surface area contributed by atoms with E-state index in [2.05, 4.69) is 45.5 Å². The number of hydrogen-bond donors (Lipinski definition) is 1. The number of pyridine rings is 1. The normalized spacial score (nSPS) is 13.7. The number of benzene rings is 1. The summed E-state index contributed by atoms with van der Waals surface area (Å²) in [6.45, 7) is 3.11. The summed E-state index contributed by atoms with van der Waals surface area (Å²) in [4.78, 5) is 14.0. The van der Waals surface area contributed by atoms with Gasteiger partial charge in [-0.3, -0.25) is 4.68 Å². The van der Waals surface area contributed by atoms with Crippen LogP contribution in [0.3, 0.4) is 0 Å². The Bertz CT molecular complexity index is 1180. The summed E-state index contributed by atoms with van der Waals surface area (Å²) < 4.78 is 1.82. The number of nitrogens with zero attached hydrogens (tertiary/aromatic N) is 5. The van der Waals surface area contributed by atoms with Crippen LogP contribution in [0.25, 0.3) is 22.0 Å². The summed E-state index contributed by atoms with van der Waals surface area (Å²) in [5.74, 6) is 2.47. The number of rotatable bonds is 6. The second-order valence-corrected chi connectivity index (χ2v) is 7.93. The largest absolute Gasteiger partial charge is 0.368 e. The maximum atomic E-state index is 4.84. The van der Waals surface area contributed by atoms with Gasteiger partial charge in [0.05, 0.1) is 6.20 Å². The molecule has 5 rings (SSSR count). The minimum atomic E-state index is 0.700. The molecular formula is C23H24N6. The van der Waals surface area contributed by atoms with Gasteiger partial charge in [-0.15, -0.1) is 0 Å². The molecule has 0 atom stereocenters. The highest BCUT2D eigenvalue weighted by Gasteiger charge is 2.21. The van der Waals surface area contributed by atoms with Crippen LogP contribution in [0.5, 0.6) is 0 Å². The molecule has 3 aromatic heterocycles. The van der Waals surface area contributed by atoms with Gasteiger partial charge < -0.3 is 5.32 Å². The third kappa shape index (κ3) is 3.83. The summed E-state index contributed by atoms with van der Waals surface area (Å²) in [5, 5.41) is 8.75. The highest BCUT2D eigenvalue weighted by atomic mass is 15.2. The van der Waals surface area contributed by atoms with Gasteiger partial charge in [0.25, 0.3) is 0 Å². The van der Waals surface area contributed by atoms with E-state index in [1.54, 1.807) is 0 Å². The first-order valence-corrected chi connectivity index (χ1v) is 10.1. The highest BCUT2D eigenvalue weighted by Crippen LogP contribution is 2.29. The molecule has 1 N–H and O–H groups in total. The van der Waals surface area contributed by atoms with Crippen molar-refractivity contribution in [1.29, 1.82) is 0 Å². The monoisotopic (exact) mass is 384 g/mol. The van der Waals surface area contributed by atoms with Gasteiger partial charge in [-0.05, 0) is 48.4 Å². The Morgan fingerprint density at radius 3 is 2.76 bits per heavy atom. The zero-order chi connectivity index (χ0) is 19.8. The van der Waals surface area contributed by atoms with Crippen LogP contribution in [0.4, 0.5) is 5.82 Å². The second-order valence-electron chi connectivity index (χ2n) is 7.93. The molecule has 146 valence electrons. The molecule has 6 heteroatoms. The maximum absolute atomic E-state index is 4.84. The van der Waals surface area contributed by atoms with Crippen LogP contribution in [0.2, 0.25) is 0 Å². The molecule has 0 aliphatic heterocycles. The van der Waals surface area contributed by atoms with Crippen molar-refractivity contribution >= 4 is 16.7 Å². The predicted molar refractivity (Wildman–Crippen MR) is 115 cm³/mol. The molecule has 1 fully saturated rings. The fourth-order valence-electron chi connectivity index (χ4n) is 3.58. The summed E-state index contributed by atoms with van der Waals surface area (Å²) in [7, 11) is 1.93. The first-order valence-electron chi connectivity index (χ1n) is 10.1. The third-order valence-corrected chi connectivity index (χ3v) is 5.53.